The molecular weight excluding hydrogens is 676 g/mol. The minimum absolute atomic E-state index is 0. The molecule has 0 saturated heterocycles. The summed E-state index contributed by atoms with van der Waals surface area (Å²) in [6.07, 6.45) is 1.97. The number of anilines is 2. The molecule has 6 heterocycles. The molecule has 0 radical (unpaired) electrons. The number of nitrogen functional groups attached to an aromatic ring is 1. The molecule has 0 aliphatic rings. The Morgan fingerprint density at radius 3 is 2.12 bits per heavy atom. The van der Waals surface area contributed by atoms with Gasteiger partial charge in [0.1, 0.15) is 16.7 Å². The number of hydrogen-bond acceptors (Lipinski definition) is 13. The lowest BCUT2D eigenvalue weighted by Gasteiger charge is -2.13. The zero-order valence-corrected chi connectivity index (χ0v) is 25.1. The summed E-state index contributed by atoms with van der Waals surface area (Å²) in [5.41, 5.74) is 10.2. The summed E-state index contributed by atoms with van der Waals surface area (Å²) in [7, 11) is 0. The van der Waals surface area contributed by atoms with Gasteiger partial charge >= 0.3 is 0 Å². The second-order valence-corrected chi connectivity index (χ2v) is 10.2. The Labute approximate surface area is 248 Å². The number of hydrogen-bond donors (Lipinski definition) is 3. The molecule has 0 saturated carbocycles. The molecule has 0 bridgehead atoms. The van der Waals surface area contributed by atoms with Crippen LogP contribution in [-0.4, -0.2) is 54.8 Å². The van der Waals surface area contributed by atoms with Gasteiger partial charge in [0.25, 0.3) is 0 Å². The molecule has 6 aromatic heterocycles. The Hall–Kier alpha value is -3.67. The van der Waals surface area contributed by atoms with Crippen LogP contribution in [0.5, 0.6) is 0 Å². The van der Waals surface area contributed by atoms with E-state index < -0.39 is 6.23 Å². The van der Waals surface area contributed by atoms with Crippen molar-refractivity contribution in [3.63, 3.8) is 0 Å². The molecule has 208 valence electrons. The molecule has 6 aromatic rings. The SMILES string of the molecule is CCn1c(-c2nonc2NC(O)c2ncc(Br)c3c2nc(-c2nonc2N)n3CC)nc2c(C)ncc(Br)c21.Cl. The quantitative estimate of drug-likeness (QED) is 0.200. The molecule has 0 amide bonds. The van der Waals surface area contributed by atoms with Crippen molar-refractivity contribution in [1.29, 1.82) is 0 Å². The zero-order chi connectivity index (χ0) is 27.4. The second-order valence-electron chi connectivity index (χ2n) is 8.44. The molecule has 18 heteroatoms. The molecule has 15 nitrogen and oxygen atoms in total. The lowest BCUT2D eigenvalue weighted by atomic mass is 10.2. The van der Waals surface area contributed by atoms with E-state index in [1.54, 1.807) is 12.4 Å². The number of pyridine rings is 2. The van der Waals surface area contributed by atoms with Crippen LogP contribution in [0.15, 0.2) is 30.6 Å². The van der Waals surface area contributed by atoms with E-state index in [1.807, 2.05) is 29.9 Å². The molecule has 0 aliphatic heterocycles. The van der Waals surface area contributed by atoms with Gasteiger partial charge in [-0.1, -0.05) is 0 Å². The maximum absolute atomic E-state index is 11.3. The Balaban J connectivity index is 0.00000323. The minimum Gasteiger partial charge on any atom is -0.379 e. The van der Waals surface area contributed by atoms with E-state index in [9.17, 15) is 5.11 Å². The molecule has 0 aromatic carbocycles. The number of nitrogens with zero attached hydrogens (tertiary/aromatic N) is 10. The van der Waals surface area contributed by atoms with Crippen LogP contribution in [-0.2, 0) is 13.1 Å². The highest BCUT2D eigenvalue weighted by Gasteiger charge is 2.28. The molecule has 1 unspecified atom stereocenters. The third kappa shape index (κ3) is 4.29. The summed E-state index contributed by atoms with van der Waals surface area (Å²) in [6.45, 7) is 6.93. The average Bonchev–Trinajstić information content (AvgIpc) is 3.70. The van der Waals surface area contributed by atoms with Gasteiger partial charge in [-0.05, 0) is 73.3 Å². The smallest absolute Gasteiger partial charge is 0.204 e. The fourth-order valence-electron chi connectivity index (χ4n) is 4.50. The van der Waals surface area contributed by atoms with Crippen molar-refractivity contribution in [2.45, 2.75) is 40.1 Å². The van der Waals surface area contributed by atoms with Crippen molar-refractivity contribution in [2.24, 2.45) is 0 Å². The Bertz CT molecular complexity index is 1860. The monoisotopic (exact) mass is 694 g/mol. The van der Waals surface area contributed by atoms with E-state index in [0.717, 1.165) is 15.7 Å². The van der Waals surface area contributed by atoms with Gasteiger partial charge in [0.2, 0.25) is 5.82 Å². The molecular formula is C22H21Br2ClN12O3. The molecule has 0 fully saturated rings. The number of rotatable bonds is 7. The summed E-state index contributed by atoms with van der Waals surface area (Å²) < 4.78 is 15.1. The number of aliphatic hydroxyl groups excluding tert-OH is 1. The Morgan fingerprint density at radius 2 is 1.48 bits per heavy atom. The number of nitrogens with one attached hydrogen (secondary N) is 1. The molecule has 4 N–H and O–H groups in total. The van der Waals surface area contributed by atoms with Crippen LogP contribution in [0.1, 0.15) is 31.5 Å². The van der Waals surface area contributed by atoms with Gasteiger partial charge in [0.05, 0.1) is 25.7 Å². The maximum atomic E-state index is 11.3. The Morgan fingerprint density at radius 1 is 0.900 bits per heavy atom. The Kier molecular flexibility index (Phi) is 7.47. The van der Waals surface area contributed by atoms with Gasteiger partial charge in [0, 0.05) is 25.5 Å². The summed E-state index contributed by atoms with van der Waals surface area (Å²) in [5, 5.41) is 29.9. The van der Waals surface area contributed by atoms with Crippen molar-refractivity contribution in [2.75, 3.05) is 11.1 Å². The van der Waals surface area contributed by atoms with Gasteiger partial charge < -0.3 is 25.3 Å². The minimum atomic E-state index is -1.35. The van der Waals surface area contributed by atoms with Gasteiger partial charge in [-0.25, -0.2) is 19.2 Å². The van der Waals surface area contributed by atoms with Crippen molar-refractivity contribution < 1.29 is 14.4 Å². The van der Waals surface area contributed by atoms with E-state index >= 15 is 0 Å². The first-order valence-electron chi connectivity index (χ1n) is 11.8. The number of imidazole rings is 2. The van der Waals surface area contributed by atoms with Crippen LogP contribution in [0.25, 0.3) is 45.1 Å². The lowest BCUT2D eigenvalue weighted by molar-refractivity contribution is 0.203. The molecule has 6 rings (SSSR count). The van der Waals surface area contributed by atoms with Crippen molar-refractivity contribution in [1.82, 2.24) is 49.7 Å². The predicted molar refractivity (Wildman–Crippen MR) is 153 cm³/mol. The number of aromatic nitrogens is 10. The van der Waals surface area contributed by atoms with Crippen molar-refractivity contribution >= 4 is 78.0 Å². The van der Waals surface area contributed by atoms with Crippen LogP contribution in [0.4, 0.5) is 11.6 Å². The van der Waals surface area contributed by atoms with Crippen molar-refractivity contribution in [3.05, 3.63) is 32.7 Å². The fourth-order valence-corrected chi connectivity index (χ4v) is 5.51. The molecule has 0 aliphatic carbocycles. The van der Waals surface area contributed by atoms with Gasteiger partial charge in [-0.2, -0.15) is 0 Å². The van der Waals surface area contributed by atoms with Crippen LogP contribution < -0.4 is 11.1 Å². The number of fused-ring (bicyclic) bond motifs is 2. The van der Waals surface area contributed by atoms with Gasteiger partial charge in [-0.15, -0.1) is 12.4 Å². The number of aryl methyl sites for hydroxylation is 3. The fraction of sp³-hybridized carbons (Fsp3) is 0.273. The highest BCUT2D eigenvalue weighted by atomic mass is 79.9. The highest BCUT2D eigenvalue weighted by Crippen LogP contribution is 2.36. The van der Waals surface area contributed by atoms with Crippen molar-refractivity contribution in [3.8, 4) is 23.0 Å². The van der Waals surface area contributed by atoms with E-state index in [-0.39, 0.29) is 35.4 Å². The first kappa shape index (κ1) is 27.9. The number of nitrogens with two attached hydrogens (primary N) is 1. The van der Waals surface area contributed by atoms with Gasteiger partial charge in [-0.3, -0.25) is 9.97 Å². The van der Waals surface area contributed by atoms with E-state index in [2.05, 4.69) is 67.8 Å². The molecule has 1 atom stereocenters. The summed E-state index contributed by atoms with van der Waals surface area (Å²) in [5.74, 6) is 1.19. The third-order valence-corrected chi connectivity index (χ3v) is 7.41. The third-order valence-electron chi connectivity index (χ3n) is 6.25. The predicted octanol–water partition coefficient (Wildman–Crippen LogP) is 4.26. The van der Waals surface area contributed by atoms with Gasteiger partial charge in [0.15, 0.2) is 35.1 Å². The number of aliphatic hydroxyl groups is 1. The van der Waals surface area contributed by atoms with Crippen LogP contribution in [0, 0.1) is 6.92 Å². The van der Waals surface area contributed by atoms with Crippen LogP contribution in [0.3, 0.4) is 0 Å². The summed E-state index contributed by atoms with van der Waals surface area (Å²) >= 11 is 7.11. The first-order valence-corrected chi connectivity index (χ1v) is 13.3. The van der Waals surface area contributed by atoms with E-state index in [4.69, 9.17) is 25.0 Å². The molecule has 40 heavy (non-hydrogen) atoms. The maximum Gasteiger partial charge on any atom is 0.204 e. The first-order chi connectivity index (χ1) is 18.8. The summed E-state index contributed by atoms with van der Waals surface area (Å²) in [6, 6.07) is 0. The largest absolute Gasteiger partial charge is 0.379 e. The van der Waals surface area contributed by atoms with Crippen LogP contribution >= 0.6 is 44.3 Å². The van der Waals surface area contributed by atoms with Crippen LogP contribution in [0.2, 0.25) is 0 Å². The summed E-state index contributed by atoms with van der Waals surface area (Å²) in [4.78, 5) is 18.3. The lowest BCUT2D eigenvalue weighted by Crippen LogP contribution is -2.13. The molecule has 0 spiro atoms. The second kappa shape index (κ2) is 10.7. The van der Waals surface area contributed by atoms with E-state index in [1.165, 1.54) is 0 Å². The zero-order valence-electron chi connectivity index (χ0n) is 21.1. The topological polar surface area (TPSA) is 198 Å². The normalized spacial score (nSPS) is 12.2. The standard InChI is InChI=1S/C22H20Br2N12O3.ClH/c1-4-35-16-9(23)6-26-8(3)11(16)28-21(35)15-19(34-39-32-15)30-22(37)13-12-17(10(24)7-27-13)36(5-2)20(29-12)14-18(25)33-38-31-14;/h6-7,22,37H,4-5H2,1-3H3,(H2,25,33)(H,30,34);1H. The highest BCUT2D eigenvalue weighted by molar-refractivity contribution is 9.11. The van der Waals surface area contributed by atoms with E-state index in [0.29, 0.717) is 51.5 Å². The number of halogens is 3. The average molecular weight is 697 g/mol.